The summed E-state index contributed by atoms with van der Waals surface area (Å²) in [5, 5.41) is 2.41. The summed E-state index contributed by atoms with van der Waals surface area (Å²) in [6.07, 6.45) is 1.59. The Balaban J connectivity index is 1.73. The van der Waals surface area contributed by atoms with Gasteiger partial charge < -0.3 is 4.42 Å². The number of thioether (sulfide) groups is 1. The van der Waals surface area contributed by atoms with E-state index in [2.05, 4.69) is 0 Å². The van der Waals surface area contributed by atoms with Crippen LogP contribution in [0.5, 0.6) is 0 Å². The van der Waals surface area contributed by atoms with Crippen molar-refractivity contribution in [2.75, 3.05) is 4.90 Å². The highest BCUT2D eigenvalue weighted by atomic mass is 35.5. The number of hydrogen-bond acceptors (Lipinski definition) is 5. The van der Waals surface area contributed by atoms with Gasteiger partial charge >= 0.3 is 0 Å². The number of thiophene rings is 1. The van der Waals surface area contributed by atoms with Gasteiger partial charge in [0.25, 0.3) is 11.8 Å². The quantitative estimate of drug-likeness (QED) is 0.515. The lowest BCUT2D eigenvalue weighted by atomic mass is 10.2. The summed E-state index contributed by atoms with van der Waals surface area (Å²) < 4.78 is 5.35. The highest BCUT2D eigenvalue weighted by Crippen LogP contribution is 2.41. The second-order valence-corrected chi connectivity index (χ2v) is 8.27. The van der Waals surface area contributed by atoms with E-state index in [1.165, 1.54) is 28.0 Å². The summed E-state index contributed by atoms with van der Waals surface area (Å²) in [4.78, 5) is 28.7. The lowest BCUT2D eigenvalue weighted by Crippen LogP contribution is -2.31. The van der Waals surface area contributed by atoms with Crippen LogP contribution in [0.3, 0.4) is 0 Å². The molecule has 2 amide bonds. The van der Waals surface area contributed by atoms with Crippen molar-refractivity contribution in [1.29, 1.82) is 0 Å². The van der Waals surface area contributed by atoms with Crippen LogP contribution in [0.15, 0.2) is 63.4 Å². The number of nitrogens with zero attached hydrogens (tertiary/aromatic N) is 1. The number of furan rings is 1. The van der Waals surface area contributed by atoms with Crippen LogP contribution in [-0.2, 0) is 15.3 Å². The van der Waals surface area contributed by atoms with Crippen molar-refractivity contribution >= 4 is 57.8 Å². The molecule has 0 radical (unpaired) electrons. The molecule has 0 saturated carbocycles. The number of aryl methyl sites for hydroxylation is 1. The average molecular weight is 416 g/mol. The van der Waals surface area contributed by atoms with Gasteiger partial charge in [-0.15, -0.1) is 23.1 Å². The fourth-order valence-corrected chi connectivity index (χ4v) is 4.79. The van der Waals surface area contributed by atoms with Gasteiger partial charge in [0.2, 0.25) is 0 Å². The number of halogens is 1. The second-order valence-electron chi connectivity index (χ2n) is 5.93. The van der Waals surface area contributed by atoms with Crippen molar-refractivity contribution in [3.05, 3.63) is 80.2 Å². The van der Waals surface area contributed by atoms with Gasteiger partial charge in [0.05, 0.1) is 28.2 Å². The van der Waals surface area contributed by atoms with Gasteiger partial charge in [-0.2, -0.15) is 0 Å². The number of benzene rings is 1. The fourth-order valence-electron chi connectivity index (χ4n) is 2.78. The van der Waals surface area contributed by atoms with Crippen molar-refractivity contribution in [1.82, 2.24) is 0 Å². The SMILES string of the molecule is Cc1ccc(N2C(=O)C(SCc3ccco3)=C(c3cccs3)C2=O)cc1Cl. The molecule has 136 valence electrons. The monoisotopic (exact) mass is 415 g/mol. The Morgan fingerprint density at radius 2 is 2.00 bits per heavy atom. The van der Waals surface area contributed by atoms with E-state index in [1.807, 2.05) is 30.5 Å². The van der Waals surface area contributed by atoms with Gasteiger partial charge in [0.1, 0.15) is 5.76 Å². The molecule has 0 saturated heterocycles. The minimum Gasteiger partial charge on any atom is -0.468 e. The van der Waals surface area contributed by atoms with E-state index < -0.39 is 0 Å². The van der Waals surface area contributed by atoms with Gasteiger partial charge in [-0.05, 0) is 48.2 Å². The van der Waals surface area contributed by atoms with Gasteiger partial charge in [-0.25, -0.2) is 4.90 Å². The molecule has 0 unspecified atom stereocenters. The lowest BCUT2D eigenvalue weighted by molar-refractivity contribution is -0.119. The van der Waals surface area contributed by atoms with Gasteiger partial charge in [-0.1, -0.05) is 23.7 Å². The second kappa shape index (κ2) is 7.38. The molecule has 1 aliphatic rings. The van der Waals surface area contributed by atoms with Crippen LogP contribution < -0.4 is 4.90 Å². The lowest BCUT2D eigenvalue weighted by Gasteiger charge is -2.16. The molecule has 0 N–H and O–H groups in total. The number of imide groups is 1. The first-order valence-electron chi connectivity index (χ1n) is 8.14. The molecule has 4 nitrogen and oxygen atoms in total. The predicted octanol–water partition coefficient (Wildman–Crippen LogP) is 5.52. The Morgan fingerprint density at radius 3 is 2.67 bits per heavy atom. The molecule has 4 rings (SSSR count). The molecule has 3 heterocycles. The summed E-state index contributed by atoms with van der Waals surface area (Å²) in [7, 11) is 0. The molecule has 2 aromatic heterocycles. The van der Waals surface area contributed by atoms with Crippen LogP contribution in [0.4, 0.5) is 5.69 Å². The third-order valence-corrected chi connectivity index (χ3v) is 6.55. The van der Waals surface area contributed by atoms with Crippen molar-refractivity contribution < 1.29 is 14.0 Å². The van der Waals surface area contributed by atoms with Gasteiger partial charge in [0, 0.05) is 9.90 Å². The first-order valence-corrected chi connectivity index (χ1v) is 10.4. The predicted molar refractivity (Wildman–Crippen MR) is 110 cm³/mol. The number of anilines is 1. The minimum atomic E-state index is -0.333. The van der Waals surface area contributed by atoms with E-state index in [0.717, 1.165) is 16.2 Å². The molecule has 0 spiro atoms. The van der Waals surface area contributed by atoms with Crippen LogP contribution in [0.2, 0.25) is 5.02 Å². The molecule has 0 fully saturated rings. The largest absolute Gasteiger partial charge is 0.468 e. The maximum absolute atomic E-state index is 13.2. The summed E-state index contributed by atoms with van der Waals surface area (Å²) >= 11 is 8.96. The molecule has 7 heteroatoms. The standard InChI is InChI=1S/C20H14ClNO3S2/c1-12-6-7-13(10-15(12)21)22-19(23)17(16-5-3-9-26-16)18(20(22)24)27-11-14-4-2-8-25-14/h2-10H,11H2,1H3. The third kappa shape index (κ3) is 3.36. The smallest absolute Gasteiger partial charge is 0.272 e. The Hall–Kier alpha value is -2.28. The van der Waals surface area contributed by atoms with Crippen LogP contribution in [0.25, 0.3) is 5.57 Å². The van der Waals surface area contributed by atoms with Crippen LogP contribution >= 0.6 is 34.7 Å². The topological polar surface area (TPSA) is 50.5 Å². The number of carbonyl (C=O) groups is 2. The van der Waals surface area contributed by atoms with Crippen LogP contribution in [0.1, 0.15) is 16.2 Å². The average Bonchev–Trinajstić information content (AvgIpc) is 3.38. The number of hydrogen-bond donors (Lipinski definition) is 0. The molecule has 1 aromatic carbocycles. The maximum atomic E-state index is 13.2. The zero-order chi connectivity index (χ0) is 19.0. The van der Waals surface area contributed by atoms with E-state index in [0.29, 0.717) is 26.9 Å². The van der Waals surface area contributed by atoms with Crippen LogP contribution in [-0.4, -0.2) is 11.8 Å². The first-order chi connectivity index (χ1) is 13.1. The number of amides is 2. The molecule has 3 aromatic rings. The molecular formula is C20H14ClNO3S2. The minimum absolute atomic E-state index is 0.329. The van der Waals surface area contributed by atoms with E-state index in [4.69, 9.17) is 16.0 Å². The van der Waals surface area contributed by atoms with Crippen molar-refractivity contribution in [3.63, 3.8) is 0 Å². The Morgan fingerprint density at radius 1 is 1.15 bits per heavy atom. The third-order valence-electron chi connectivity index (χ3n) is 4.16. The van der Waals surface area contributed by atoms with Gasteiger partial charge in [0.15, 0.2) is 0 Å². The first kappa shape index (κ1) is 18.1. The summed E-state index contributed by atoms with van der Waals surface area (Å²) in [6, 6.07) is 12.6. The molecule has 1 aliphatic heterocycles. The number of carbonyl (C=O) groups excluding carboxylic acids is 2. The Kier molecular flexibility index (Phi) is 4.95. The molecule has 0 aliphatic carbocycles. The van der Waals surface area contributed by atoms with E-state index >= 15 is 0 Å². The summed E-state index contributed by atoms with van der Waals surface area (Å²) in [5.74, 6) is 0.554. The van der Waals surface area contributed by atoms with Crippen molar-refractivity contribution in [2.24, 2.45) is 0 Å². The Labute approximate surface area is 169 Å². The normalized spacial score (nSPS) is 14.5. The number of rotatable bonds is 5. The zero-order valence-electron chi connectivity index (χ0n) is 14.3. The molecule has 0 bridgehead atoms. The van der Waals surface area contributed by atoms with Crippen molar-refractivity contribution in [2.45, 2.75) is 12.7 Å². The van der Waals surface area contributed by atoms with E-state index in [9.17, 15) is 9.59 Å². The fraction of sp³-hybridized carbons (Fsp3) is 0.100. The van der Waals surface area contributed by atoms with Gasteiger partial charge in [-0.3, -0.25) is 9.59 Å². The molecule has 27 heavy (non-hydrogen) atoms. The maximum Gasteiger partial charge on any atom is 0.272 e. The highest BCUT2D eigenvalue weighted by molar-refractivity contribution is 8.03. The van der Waals surface area contributed by atoms with E-state index in [-0.39, 0.29) is 11.8 Å². The van der Waals surface area contributed by atoms with Crippen LogP contribution in [0, 0.1) is 6.92 Å². The van der Waals surface area contributed by atoms with E-state index in [1.54, 1.807) is 30.5 Å². The van der Waals surface area contributed by atoms with Crippen molar-refractivity contribution in [3.8, 4) is 0 Å². The molecule has 0 atom stereocenters. The zero-order valence-corrected chi connectivity index (χ0v) is 16.7. The summed E-state index contributed by atoms with van der Waals surface area (Å²) in [6.45, 7) is 1.87. The molecular weight excluding hydrogens is 402 g/mol. The Bertz CT molecular complexity index is 1040. The summed E-state index contributed by atoms with van der Waals surface area (Å²) in [5.41, 5.74) is 1.80. The highest BCUT2D eigenvalue weighted by Gasteiger charge is 2.40.